The third-order valence-electron chi connectivity index (χ3n) is 2.62. The maximum Gasteiger partial charge on any atom is 0.160 e. The zero-order chi connectivity index (χ0) is 13.4. The SMILES string of the molecule is COc1ccc(C(CCCO)N=[N+]=[N-])cc1OC. The van der Waals surface area contributed by atoms with Gasteiger partial charge in [0.05, 0.1) is 20.3 Å². The highest BCUT2D eigenvalue weighted by Crippen LogP contribution is 2.32. The number of aliphatic hydroxyl groups excluding tert-OH is 1. The van der Waals surface area contributed by atoms with Crippen LogP contribution < -0.4 is 9.47 Å². The molecule has 0 heterocycles. The van der Waals surface area contributed by atoms with Crippen molar-refractivity contribution in [1.29, 1.82) is 0 Å². The van der Waals surface area contributed by atoms with E-state index in [0.717, 1.165) is 5.56 Å². The molecule has 1 rings (SSSR count). The fourth-order valence-corrected chi connectivity index (χ4v) is 1.70. The number of benzene rings is 1. The number of methoxy groups -OCH3 is 2. The van der Waals surface area contributed by atoms with Crippen LogP contribution in [0.25, 0.3) is 10.4 Å². The molecule has 1 N–H and O–H groups in total. The summed E-state index contributed by atoms with van der Waals surface area (Å²) in [7, 11) is 3.12. The first-order valence-corrected chi connectivity index (χ1v) is 5.63. The van der Waals surface area contributed by atoms with E-state index in [9.17, 15) is 0 Å². The molecule has 0 fully saturated rings. The Morgan fingerprint density at radius 2 is 2.06 bits per heavy atom. The van der Waals surface area contributed by atoms with Gasteiger partial charge in [-0.05, 0) is 36.1 Å². The van der Waals surface area contributed by atoms with Crippen molar-refractivity contribution in [3.8, 4) is 11.5 Å². The molecule has 0 bridgehead atoms. The van der Waals surface area contributed by atoms with Gasteiger partial charge in [-0.15, -0.1) is 0 Å². The Morgan fingerprint density at radius 1 is 1.33 bits per heavy atom. The molecule has 98 valence electrons. The number of azide groups is 1. The van der Waals surface area contributed by atoms with Crippen LogP contribution in [0.3, 0.4) is 0 Å². The van der Waals surface area contributed by atoms with Gasteiger partial charge in [0.25, 0.3) is 0 Å². The van der Waals surface area contributed by atoms with Crippen molar-refractivity contribution in [2.24, 2.45) is 5.11 Å². The van der Waals surface area contributed by atoms with Gasteiger partial charge in [-0.3, -0.25) is 0 Å². The van der Waals surface area contributed by atoms with Crippen LogP contribution in [0.1, 0.15) is 24.4 Å². The molecule has 0 amide bonds. The lowest BCUT2D eigenvalue weighted by molar-refractivity contribution is 0.280. The van der Waals surface area contributed by atoms with E-state index in [1.165, 1.54) is 0 Å². The van der Waals surface area contributed by atoms with Crippen LogP contribution in [-0.4, -0.2) is 25.9 Å². The van der Waals surface area contributed by atoms with E-state index in [4.69, 9.17) is 20.1 Å². The summed E-state index contributed by atoms with van der Waals surface area (Å²) < 4.78 is 10.3. The molecule has 0 radical (unpaired) electrons. The lowest BCUT2D eigenvalue weighted by Gasteiger charge is -2.14. The Morgan fingerprint density at radius 3 is 2.61 bits per heavy atom. The molecular formula is C12H17N3O3. The van der Waals surface area contributed by atoms with Gasteiger partial charge >= 0.3 is 0 Å². The van der Waals surface area contributed by atoms with Crippen LogP contribution in [0.15, 0.2) is 23.3 Å². The molecule has 0 saturated carbocycles. The Balaban J connectivity index is 3.00. The molecule has 18 heavy (non-hydrogen) atoms. The summed E-state index contributed by atoms with van der Waals surface area (Å²) in [5.41, 5.74) is 9.41. The van der Waals surface area contributed by atoms with E-state index in [1.807, 2.05) is 6.07 Å². The van der Waals surface area contributed by atoms with Crippen LogP contribution in [0.2, 0.25) is 0 Å². The molecule has 1 aromatic rings. The van der Waals surface area contributed by atoms with Gasteiger partial charge in [-0.25, -0.2) is 0 Å². The van der Waals surface area contributed by atoms with Crippen molar-refractivity contribution in [2.75, 3.05) is 20.8 Å². The summed E-state index contributed by atoms with van der Waals surface area (Å²) in [5.74, 6) is 1.22. The summed E-state index contributed by atoms with van der Waals surface area (Å²) in [6.45, 7) is 0.0741. The van der Waals surface area contributed by atoms with E-state index >= 15 is 0 Å². The number of hydrogen-bond donors (Lipinski definition) is 1. The summed E-state index contributed by atoms with van der Waals surface area (Å²) in [4.78, 5) is 2.83. The molecule has 0 saturated heterocycles. The van der Waals surface area contributed by atoms with Crippen molar-refractivity contribution in [2.45, 2.75) is 18.9 Å². The first-order valence-electron chi connectivity index (χ1n) is 5.63. The third-order valence-corrected chi connectivity index (χ3v) is 2.62. The monoisotopic (exact) mass is 251 g/mol. The minimum absolute atomic E-state index is 0.0741. The Labute approximate surface area is 106 Å². The molecule has 1 aromatic carbocycles. The van der Waals surface area contributed by atoms with Gasteiger partial charge in [0.1, 0.15) is 0 Å². The Bertz CT molecular complexity index is 431. The summed E-state index contributed by atoms with van der Waals surface area (Å²) in [5, 5.41) is 12.6. The number of aliphatic hydroxyl groups is 1. The second-order valence-electron chi connectivity index (χ2n) is 3.70. The quantitative estimate of drug-likeness (QED) is 0.459. The van der Waals surface area contributed by atoms with Crippen molar-refractivity contribution in [1.82, 2.24) is 0 Å². The van der Waals surface area contributed by atoms with Gasteiger partial charge in [0.2, 0.25) is 0 Å². The fourth-order valence-electron chi connectivity index (χ4n) is 1.70. The number of rotatable bonds is 7. The molecule has 6 nitrogen and oxygen atoms in total. The largest absolute Gasteiger partial charge is 0.493 e. The second-order valence-corrected chi connectivity index (χ2v) is 3.70. The van der Waals surface area contributed by atoms with E-state index in [0.29, 0.717) is 24.3 Å². The van der Waals surface area contributed by atoms with Crippen molar-refractivity contribution in [3.05, 3.63) is 34.2 Å². The lowest BCUT2D eigenvalue weighted by atomic mass is 10.0. The molecule has 0 spiro atoms. The zero-order valence-corrected chi connectivity index (χ0v) is 10.5. The molecule has 1 unspecified atom stereocenters. The fraction of sp³-hybridized carbons (Fsp3) is 0.500. The first-order chi connectivity index (χ1) is 8.76. The Hall–Kier alpha value is -1.91. The van der Waals surface area contributed by atoms with E-state index in [-0.39, 0.29) is 12.6 Å². The smallest absolute Gasteiger partial charge is 0.160 e. The highest BCUT2D eigenvalue weighted by molar-refractivity contribution is 5.43. The average molecular weight is 251 g/mol. The minimum Gasteiger partial charge on any atom is -0.493 e. The van der Waals surface area contributed by atoms with Crippen LogP contribution in [0.5, 0.6) is 11.5 Å². The molecule has 0 aliphatic carbocycles. The van der Waals surface area contributed by atoms with Crippen LogP contribution in [-0.2, 0) is 0 Å². The zero-order valence-electron chi connectivity index (χ0n) is 10.5. The third kappa shape index (κ3) is 3.55. The predicted molar refractivity (Wildman–Crippen MR) is 67.8 cm³/mol. The van der Waals surface area contributed by atoms with Gasteiger partial charge in [-0.1, -0.05) is 11.2 Å². The highest BCUT2D eigenvalue weighted by Gasteiger charge is 2.12. The summed E-state index contributed by atoms with van der Waals surface area (Å²) >= 11 is 0. The van der Waals surface area contributed by atoms with Crippen molar-refractivity contribution in [3.63, 3.8) is 0 Å². The van der Waals surface area contributed by atoms with Gasteiger partial charge in [-0.2, -0.15) is 0 Å². The molecule has 0 aromatic heterocycles. The molecule has 6 heteroatoms. The van der Waals surface area contributed by atoms with Crippen LogP contribution in [0, 0.1) is 0 Å². The first kappa shape index (κ1) is 14.2. The van der Waals surface area contributed by atoms with E-state index in [2.05, 4.69) is 10.0 Å². The van der Waals surface area contributed by atoms with E-state index in [1.54, 1.807) is 26.4 Å². The highest BCUT2D eigenvalue weighted by atomic mass is 16.5. The average Bonchev–Trinajstić information content (AvgIpc) is 2.42. The molecule has 1 atom stereocenters. The number of ether oxygens (including phenoxy) is 2. The Kier molecular flexibility index (Phi) is 5.84. The predicted octanol–water partition coefficient (Wildman–Crippen LogP) is 2.83. The van der Waals surface area contributed by atoms with Crippen molar-refractivity contribution >= 4 is 0 Å². The molecule has 0 aliphatic rings. The van der Waals surface area contributed by atoms with Gasteiger partial charge < -0.3 is 14.6 Å². The van der Waals surface area contributed by atoms with Crippen LogP contribution >= 0.6 is 0 Å². The molecule has 0 aliphatic heterocycles. The number of hydrogen-bond acceptors (Lipinski definition) is 4. The standard InChI is InChI=1S/C12H17N3O3/c1-17-11-6-5-9(8-12(11)18-2)10(14-15-13)4-3-7-16/h5-6,8,10,16H,3-4,7H2,1-2H3. The lowest BCUT2D eigenvalue weighted by Crippen LogP contribution is -1.98. The normalized spacial score (nSPS) is 11.5. The minimum atomic E-state index is -0.304. The van der Waals surface area contributed by atoms with Crippen molar-refractivity contribution < 1.29 is 14.6 Å². The van der Waals surface area contributed by atoms with Gasteiger partial charge in [0, 0.05) is 11.5 Å². The molecular weight excluding hydrogens is 234 g/mol. The topological polar surface area (TPSA) is 87.5 Å². The second kappa shape index (κ2) is 7.42. The maximum atomic E-state index is 8.83. The maximum absolute atomic E-state index is 8.83. The van der Waals surface area contributed by atoms with Crippen LogP contribution in [0.4, 0.5) is 0 Å². The summed E-state index contributed by atoms with van der Waals surface area (Å²) in [6.07, 6.45) is 1.17. The van der Waals surface area contributed by atoms with E-state index < -0.39 is 0 Å². The van der Waals surface area contributed by atoms with Gasteiger partial charge in [0.15, 0.2) is 11.5 Å². The summed E-state index contributed by atoms with van der Waals surface area (Å²) in [6, 6.07) is 5.09. The number of nitrogens with zero attached hydrogens (tertiary/aromatic N) is 3.